The Kier molecular flexibility index (Phi) is 3.05. The van der Waals surface area contributed by atoms with Gasteiger partial charge in [0.05, 0.1) is 11.1 Å². The molecule has 2 heterocycles. The first kappa shape index (κ1) is 10.6. The third-order valence-corrected chi connectivity index (χ3v) is 2.96. The number of rotatable bonds is 2. The number of alkyl halides is 1. The molecule has 0 aromatic carbocycles. The van der Waals surface area contributed by atoms with E-state index in [4.69, 9.17) is 11.6 Å². The summed E-state index contributed by atoms with van der Waals surface area (Å²) in [5.74, 6) is 0.0933. The van der Waals surface area contributed by atoms with Gasteiger partial charge in [-0.3, -0.25) is 0 Å². The van der Waals surface area contributed by atoms with Crippen molar-refractivity contribution in [3.05, 3.63) is 17.8 Å². The number of hydrogen-bond donors (Lipinski definition) is 0. The fraction of sp³-hybridized carbons (Fsp3) is 0.600. The molecule has 1 unspecified atom stereocenters. The fourth-order valence-electron chi connectivity index (χ4n) is 1.77. The zero-order valence-electron chi connectivity index (χ0n) is 8.58. The van der Waals surface area contributed by atoms with Crippen LogP contribution in [-0.2, 0) is 6.42 Å². The van der Waals surface area contributed by atoms with E-state index in [1.807, 2.05) is 11.8 Å². The van der Waals surface area contributed by atoms with E-state index in [2.05, 4.69) is 9.97 Å². The summed E-state index contributed by atoms with van der Waals surface area (Å²) in [7, 11) is 0. The van der Waals surface area contributed by atoms with Crippen molar-refractivity contribution in [3.8, 4) is 0 Å². The predicted octanol–water partition coefficient (Wildman–Crippen LogP) is 2.00. The molecule has 0 N–H and O–H groups in total. The normalized spacial score (nSPS) is 21.0. The Bertz CT molecular complexity index is 359. The van der Waals surface area contributed by atoms with Crippen LogP contribution < -0.4 is 4.90 Å². The predicted molar refractivity (Wildman–Crippen MR) is 57.8 cm³/mol. The highest BCUT2D eigenvalue weighted by Crippen LogP contribution is 2.24. The molecule has 1 atom stereocenters. The number of anilines is 1. The Morgan fingerprint density at radius 2 is 2.40 bits per heavy atom. The third kappa shape index (κ3) is 2.04. The Hall–Kier alpha value is -0.900. The van der Waals surface area contributed by atoms with Crippen LogP contribution in [0.1, 0.15) is 19.0 Å². The van der Waals surface area contributed by atoms with Crippen LogP contribution in [0.25, 0.3) is 0 Å². The molecule has 0 saturated carbocycles. The molecule has 1 fully saturated rings. The SMILES string of the molecule is CCc1ncnc(N2CCC(Cl)C2)c1F. The van der Waals surface area contributed by atoms with E-state index in [0.29, 0.717) is 24.5 Å². The lowest BCUT2D eigenvalue weighted by Crippen LogP contribution is -2.23. The molecule has 1 aromatic heterocycles. The quantitative estimate of drug-likeness (QED) is 0.727. The molecule has 82 valence electrons. The maximum Gasteiger partial charge on any atom is 0.187 e. The Labute approximate surface area is 93.3 Å². The second-order valence-electron chi connectivity index (χ2n) is 3.64. The summed E-state index contributed by atoms with van der Waals surface area (Å²) >= 11 is 5.98. The number of hydrogen-bond acceptors (Lipinski definition) is 3. The standard InChI is InChI=1S/C10H13ClFN3/c1-2-8-9(12)10(14-6-13-8)15-4-3-7(11)5-15/h6-7H,2-5H2,1H3. The summed E-state index contributed by atoms with van der Waals surface area (Å²) in [6.45, 7) is 3.31. The zero-order chi connectivity index (χ0) is 10.8. The molecule has 15 heavy (non-hydrogen) atoms. The van der Waals surface area contributed by atoms with Crippen LogP contribution in [0.5, 0.6) is 0 Å². The van der Waals surface area contributed by atoms with E-state index in [1.54, 1.807) is 0 Å². The second kappa shape index (κ2) is 4.31. The maximum absolute atomic E-state index is 13.8. The molecule has 1 aliphatic heterocycles. The molecule has 0 bridgehead atoms. The van der Waals surface area contributed by atoms with Crippen LogP contribution >= 0.6 is 11.6 Å². The molecule has 2 rings (SSSR count). The average Bonchev–Trinajstić information content (AvgIpc) is 2.65. The molecule has 1 aromatic rings. The lowest BCUT2D eigenvalue weighted by molar-refractivity contribution is 0.588. The summed E-state index contributed by atoms with van der Waals surface area (Å²) in [6, 6.07) is 0. The van der Waals surface area contributed by atoms with Crippen LogP contribution in [0.15, 0.2) is 6.33 Å². The van der Waals surface area contributed by atoms with Gasteiger partial charge in [0.1, 0.15) is 6.33 Å². The first-order chi connectivity index (χ1) is 7.22. The first-order valence-electron chi connectivity index (χ1n) is 5.10. The topological polar surface area (TPSA) is 29.0 Å². The zero-order valence-corrected chi connectivity index (χ0v) is 9.34. The van der Waals surface area contributed by atoms with Gasteiger partial charge in [-0.25, -0.2) is 14.4 Å². The minimum absolute atomic E-state index is 0.101. The van der Waals surface area contributed by atoms with Gasteiger partial charge in [-0.05, 0) is 12.8 Å². The minimum Gasteiger partial charge on any atom is -0.353 e. The van der Waals surface area contributed by atoms with Crippen LogP contribution in [-0.4, -0.2) is 28.4 Å². The van der Waals surface area contributed by atoms with Crippen molar-refractivity contribution in [1.29, 1.82) is 0 Å². The smallest absolute Gasteiger partial charge is 0.187 e. The highest BCUT2D eigenvalue weighted by atomic mass is 35.5. The average molecular weight is 230 g/mol. The summed E-state index contributed by atoms with van der Waals surface area (Å²) in [6.07, 6.45) is 2.88. The van der Waals surface area contributed by atoms with E-state index >= 15 is 0 Å². The van der Waals surface area contributed by atoms with E-state index in [0.717, 1.165) is 13.0 Å². The van der Waals surface area contributed by atoms with Crippen LogP contribution in [0, 0.1) is 5.82 Å². The highest BCUT2D eigenvalue weighted by molar-refractivity contribution is 6.21. The van der Waals surface area contributed by atoms with E-state index in [-0.39, 0.29) is 11.2 Å². The molecule has 0 amide bonds. The van der Waals surface area contributed by atoms with Gasteiger partial charge in [0, 0.05) is 13.1 Å². The Balaban J connectivity index is 2.28. The third-order valence-electron chi connectivity index (χ3n) is 2.61. The van der Waals surface area contributed by atoms with E-state index in [1.165, 1.54) is 6.33 Å². The van der Waals surface area contributed by atoms with Gasteiger partial charge in [0.2, 0.25) is 0 Å². The largest absolute Gasteiger partial charge is 0.353 e. The summed E-state index contributed by atoms with van der Waals surface area (Å²) in [5.41, 5.74) is 0.470. The van der Waals surface area contributed by atoms with E-state index < -0.39 is 0 Å². The summed E-state index contributed by atoms with van der Waals surface area (Å²) in [5, 5.41) is 0.101. The number of nitrogens with zero attached hydrogens (tertiary/aromatic N) is 3. The summed E-state index contributed by atoms with van der Waals surface area (Å²) < 4.78 is 13.8. The summed E-state index contributed by atoms with van der Waals surface area (Å²) in [4.78, 5) is 9.77. The van der Waals surface area contributed by atoms with Gasteiger partial charge in [-0.2, -0.15) is 0 Å². The fourth-order valence-corrected chi connectivity index (χ4v) is 2.04. The van der Waals surface area contributed by atoms with Crippen molar-refractivity contribution < 1.29 is 4.39 Å². The van der Waals surface area contributed by atoms with Gasteiger partial charge in [0.15, 0.2) is 11.6 Å². The van der Waals surface area contributed by atoms with Crippen LogP contribution in [0.2, 0.25) is 0 Å². The van der Waals surface area contributed by atoms with Gasteiger partial charge < -0.3 is 4.90 Å². The second-order valence-corrected chi connectivity index (χ2v) is 4.26. The number of aromatic nitrogens is 2. The van der Waals surface area contributed by atoms with Gasteiger partial charge in [-0.1, -0.05) is 6.92 Å². The monoisotopic (exact) mass is 229 g/mol. The lowest BCUT2D eigenvalue weighted by Gasteiger charge is -2.17. The number of aryl methyl sites for hydroxylation is 1. The van der Waals surface area contributed by atoms with Crippen LogP contribution in [0.4, 0.5) is 10.2 Å². The molecule has 3 nitrogen and oxygen atoms in total. The molecule has 1 aliphatic rings. The van der Waals surface area contributed by atoms with Crippen molar-refractivity contribution in [3.63, 3.8) is 0 Å². The highest BCUT2D eigenvalue weighted by Gasteiger charge is 2.24. The maximum atomic E-state index is 13.8. The van der Waals surface area contributed by atoms with Crippen molar-refractivity contribution in [2.45, 2.75) is 25.1 Å². The molecule has 1 saturated heterocycles. The molecule has 0 radical (unpaired) electrons. The van der Waals surface area contributed by atoms with Crippen LogP contribution in [0.3, 0.4) is 0 Å². The van der Waals surface area contributed by atoms with Gasteiger partial charge >= 0.3 is 0 Å². The molecular formula is C10H13ClFN3. The van der Waals surface area contributed by atoms with Gasteiger partial charge in [0.25, 0.3) is 0 Å². The first-order valence-corrected chi connectivity index (χ1v) is 5.54. The Morgan fingerprint density at radius 3 is 3.00 bits per heavy atom. The molecule has 5 heteroatoms. The van der Waals surface area contributed by atoms with Crippen molar-refractivity contribution >= 4 is 17.4 Å². The van der Waals surface area contributed by atoms with Crippen molar-refractivity contribution in [2.24, 2.45) is 0 Å². The van der Waals surface area contributed by atoms with E-state index in [9.17, 15) is 4.39 Å². The number of halogens is 2. The van der Waals surface area contributed by atoms with Crippen molar-refractivity contribution in [1.82, 2.24) is 9.97 Å². The van der Waals surface area contributed by atoms with Crippen molar-refractivity contribution in [2.75, 3.05) is 18.0 Å². The minimum atomic E-state index is -0.300. The molecule has 0 aliphatic carbocycles. The lowest BCUT2D eigenvalue weighted by atomic mass is 10.3. The molecular weight excluding hydrogens is 217 g/mol. The van der Waals surface area contributed by atoms with Gasteiger partial charge in [-0.15, -0.1) is 11.6 Å². The Morgan fingerprint density at radius 1 is 1.60 bits per heavy atom. The molecule has 0 spiro atoms.